The van der Waals surface area contributed by atoms with Gasteiger partial charge in [-0.3, -0.25) is 4.79 Å². The zero-order valence-corrected chi connectivity index (χ0v) is 10.00. The minimum Gasteiger partial charge on any atom is -0.393 e. The summed E-state index contributed by atoms with van der Waals surface area (Å²) in [5.74, 6) is -0.382. The van der Waals surface area contributed by atoms with E-state index in [-0.39, 0.29) is 18.1 Å². The van der Waals surface area contributed by atoms with Gasteiger partial charge in [-0.05, 0) is 19.1 Å². The summed E-state index contributed by atoms with van der Waals surface area (Å²) in [5, 5.41) is 21.0. The molecule has 0 fully saturated rings. The molecule has 0 radical (unpaired) electrons. The Bertz CT molecular complexity index is 529. The van der Waals surface area contributed by atoms with E-state index in [0.29, 0.717) is 5.65 Å². The van der Waals surface area contributed by atoms with Crippen LogP contribution in [-0.4, -0.2) is 44.3 Å². The molecule has 0 saturated heterocycles. The summed E-state index contributed by atoms with van der Waals surface area (Å²) >= 11 is 0. The molecular weight excluding hydrogens is 234 g/mol. The van der Waals surface area contributed by atoms with Gasteiger partial charge in [-0.2, -0.15) is 0 Å². The number of aliphatic hydroxyl groups is 2. The molecule has 2 aromatic heterocycles. The molecule has 0 saturated carbocycles. The third-order valence-electron chi connectivity index (χ3n) is 2.57. The van der Waals surface area contributed by atoms with Gasteiger partial charge < -0.3 is 19.9 Å². The number of rotatable bonds is 4. The number of nitrogens with one attached hydrogen (secondary N) is 1. The fourth-order valence-corrected chi connectivity index (χ4v) is 1.46. The molecule has 6 nitrogen and oxygen atoms in total. The molecule has 0 aliphatic rings. The summed E-state index contributed by atoms with van der Waals surface area (Å²) in [6.07, 6.45) is 3.40. The second-order valence-corrected chi connectivity index (χ2v) is 4.43. The average molecular weight is 249 g/mol. The minimum absolute atomic E-state index is 0.0315. The van der Waals surface area contributed by atoms with Crippen molar-refractivity contribution in [2.45, 2.75) is 12.5 Å². The van der Waals surface area contributed by atoms with E-state index in [4.69, 9.17) is 5.11 Å². The van der Waals surface area contributed by atoms with Gasteiger partial charge in [0, 0.05) is 18.9 Å². The van der Waals surface area contributed by atoms with Gasteiger partial charge in [0.2, 0.25) is 0 Å². The highest BCUT2D eigenvalue weighted by molar-refractivity contribution is 5.92. The zero-order chi connectivity index (χ0) is 13.2. The van der Waals surface area contributed by atoms with Crippen LogP contribution in [0, 0.1) is 0 Å². The molecule has 2 rings (SSSR count). The standard InChI is InChI=1S/C12H15N3O3/c1-12(18,8-16)7-13-11(17)9-6-15-5-3-2-4-10(15)14-9/h2-6,16,18H,7-8H2,1H3,(H,13,17). The Morgan fingerprint density at radius 1 is 1.56 bits per heavy atom. The van der Waals surface area contributed by atoms with E-state index in [9.17, 15) is 9.90 Å². The van der Waals surface area contributed by atoms with Crippen LogP contribution in [0.25, 0.3) is 5.65 Å². The van der Waals surface area contributed by atoms with E-state index >= 15 is 0 Å². The third-order valence-corrected chi connectivity index (χ3v) is 2.57. The van der Waals surface area contributed by atoms with Crippen molar-refractivity contribution < 1.29 is 15.0 Å². The van der Waals surface area contributed by atoms with Crippen LogP contribution in [0.4, 0.5) is 0 Å². The second kappa shape index (κ2) is 4.75. The van der Waals surface area contributed by atoms with Crippen LogP contribution >= 0.6 is 0 Å². The number of carbonyl (C=O) groups excluding carboxylic acids is 1. The molecule has 1 unspecified atom stereocenters. The maximum atomic E-state index is 11.8. The van der Waals surface area contributed by atoms with Crippen molar-refractivity contribution in [2.24, 2.45) is 0 Å². The van der Waals surface area contributed by atoms with Crippen molar-refractivity contribution in [3.8, 4) is 0 Å². The molecule has 0 bridgehead atoms. The van der Waals surface area contributed by atoms with E-state index < -0.39 is 12.2 Å². The summed E-state index contributed by atoms with van der Waals surface area (Å²) < 4.78 is 1.74. The van der Waals surface area contributed by atoms with Crippen molar-refractivity contribution in [3.63, 3.8) is 0 Å². The molecule has 0 aromatic carbocycles. The number of hydrogen-bond acceptors (Lipinski definition) is 4. The van der Waals surface area contributed by atoms with Crippen molar-refractivity contribution in [1.82, 2.24) is 14.7 Å². The summed E-state index contributed by atoms with van der Waals surface area (Å²) in [6.45, 7) is 0.992. The van der Waals surface area contributed by atoms with Crippen molar-refractivity contribution in [1.29, 1.82) is 0 Å². The number of carbonyl (C=O) groups is 1. The molecule has 3 N–H and O–H groups in total. The van der Waals surface area contributed by atoms with Gasteiger partial charge in [-0.15, -0.1) is 0 Å². The Labute approximate surface area is 104 Å². The van der Waals surface area contributed by atoms with Gasteiger partial charge >= 0.3 is 0 Å². The predicted octanol–water partition coefficient (Wildman–Crippen LogP) is -0.193. The van der Waals surface area contributed by atoms with Gasteiger partial charge in [-0.1, -0.05) is 6.07 Å². The quantitative estimate of drug-likeness (QED) is 0.700. The highest BCUT2D eigenvalue weighted by Crippen LogP contribution is 2.05. The fourth-order valence-electron chi connectivity index (χ4n) is 1.46. The van der Waals surface area contributed by atoms with Gasteiger partial charge in [-0.25, -0.2) is 4.98 Å². The highest BCUT2D eigenvalue weighted by Gasteiger charge is 2.21. The van der Waals surface area contributed by atoms with Crippen molar-refractivity contribution >= 4 is 11.6 Å². The Hall–Kier alpha value is -1.92. The fraction of sp³-hybridized carbons (Fsp3) is 0.333. The van der Waals surface area contributed by atoms with E-state index in [1.165, 1.54) is 6.92 Å². The minimum atomic E-state index is -1.32. The number of aromatic nitrogens is 2. The van der Waals surface area contributed by atoms with Crippen LogP contribution in [-0.2, 0) is 0 Å². The maximum absolute atomic E-state index is 11.8. The lowest BCUT2D eigenvalue weighted by Gasteiger charge is -2.20. The molecule has 2 heterocycles. The Kier molecular flexibility index (Phi) is 3.31. The van der Waals surface area contributed by atoms with Gasteiger partial charge in [0.15, 0.2) is 0 Å². The number of hydrogen-bond donors (Lipinski definition) is 3. The molecule has 0 aliphatic carbocycles. The van der Waals surface area contributed by atoms with Gasteiger partial charge in [0.25, 0.3) is 5.91 Å². The molecule has 0 spiro atoms. The van der Waals surface area contributed by atoms with E-state index in [0.717, 1.165) is 0 Å². The first-order valence-corrected chi connectivity index (χ1v) is 5.57. The molecular formula is C12H15N3O3. The molecule has 6 heteroatoms. The number of nitrogens with zero attached hydrogens (tertiary/aromatic N) is 2. The highest BCUT2D eigenvalue weighted by atomic mass is 16.3. The molecule has 2 aromatic rings. The topological polar surface area (TPSA) is 86.9 Å². The first-order valence-electron chi connectivity index (χ1n) is 5.57. The van der Waals surface area contributed by atoms with Gasteiger partial charge in [0.1, 0.15) is 16.9 Å². The van der Waals surface area contributed by atoms with Crippen LogP contribution in [0.2, 0.25) is 0 Å². The lowest BCUT2D eigenvalue weighted by Crippen LogP contribution is -2.43. The average Bonchev–Trinajstić information content (AvgIpc) is 2.80. The predicted molar refractivity (Wildman–Crippen MR) is 65.2 cm³/mol. The third kappa shape index (κ3) is 2.66. The Morgan fingerprint density at radius 2 is 2.33 bits per heavy atom. The van der Waals surface area contributed by atoms with E-state index in [2.05, 4.69) is 10.3 Å². The van der Waals surface area contributed by atoms with Crippen LogP contribution in [0.3, 0.4) is 0 Å². The molecule has 96 valence electrons. The number of pyridine rings is 1. The number of aliphatic hydroxyl groups excluding tert-OH is 1. The second-order valence-electron chi connectivity index (χ2n) is 4.43. The first kappa shape index (κ1) is 12.5. The van der Waals surface area contributed by atoms with E-state index in [1.54, 1.807) is 22.9 Å². The SMILES string of the molecule is CC(O)(CO)CNC(=O)c1cn2ccccc2n1. The summed E-state index contributed by atoms with van der Waals surface area (Å²) in [7, 11) is 0. The normalized spacial score (nSPS) is 14.4. The Balaban J connectivity index is 2.09. The summed E-state index contributed by atoms with van der Waals surface area (Å²) in [4.78, 5) is 15.9. The molecule has 0 aliphatic heterocycles. The molecule has 1 amide bonds. The lowest BCUT2D eigenvalue weighted by molar-refractivity contribution is 0.00316. The number of amides is 1. The summed E-state index contributed by atoms with van der Waals surface area (Å²) in [6, 6.07) is 5.47. The van der Waals surface area contributed by atoms with E-state index in [1.807, 2.05) is 12.1 Å². The van der Waals surface area contributed by atoms with Crippen LogP contribution in [0.1, 0.15) is 17.4 Å². The maximum Gasteiger partial charge on any atom is 0.271 e. The van der Waals surface area contributed by atoms with Crippen LogP contribution in [0.15, 0.2) is 30.6 Å². The zero-order valence-electron chi connectivity index (χ0n) is 10.00. The van der Waals surface area contributed by atoms with Gasteiger partial charge in [0.05, 0.1) is 6.61 Å². The lowest BCUT2D eigenvalue weighted by atomic mass is 10.1. The van der Waals surface area contributed by atoms with Crippen molar-refractivity contribution in [3.05, 3.63) is 36.3 Å². The Morgan fingerprint density at radius 3 is 3.00 bits per heavy atom. The van der Waals surface area contributed by atoms with Crippen LogP contribution < -0.4 is 5.32 Å². The largest absolute Gasteiger partial charge is 0.393 e. The summed E-state index contributed by atoms with van der Waals surface area (Å²) in [5.41, 5.74) is -0.374. The number of fused-ring (bicyclic) bond motifs is 1. The van der Waals surface area contributed by atoms with Crippen LogP contribution in [0.5, 0.6) is 0 Å². The first-order chi connectivity index (χ1) is 8.52. The number of imidazole rings is 1. The molecule has 18 heavy (non-hydrogen) atoms. The smallest absolute Gasteiger partial charge is 0.271 e. The van der Waals surface area contributed by atoms with Crippen molar-refractivity contribution in [2.75, 3.05) is 13.2 Å². The monoisotopic (exact) mass is 249 g/mol. The molecule has 1 atom stereocenters.